The van der Waals surface area contributed by atoms with Gasteiger partial charge in [-0.2, -0.15) is 10.2 Å². The molecule has 172 valence electrons. The van der Waals surface area contributed by atoms with Crippen molar-refractivity contribution in [3.8, 4) is 17.5 Å². The molecule has 7 nitrogen and oxygen atoms in total. The Balaban J connectivity index is 1.46. The molecular formula is C26H26ClN7. The first kappa shape index (κ1) is 22.3. The van der Waals surface area contributed by atoms with Gasteiger partial charge >= 0.3 is 0 Å². The molecule has 1 saturated heterocycles. The topological polar surface area (TPSA) is 91.5 Å². The predicted octanol–water partition coefficient (Wildman–Crippen LogP) is 5.02. The van der Waals surface area contributed by atoms with E-state index in [0.717, 1.165) is 54.2 Å². The Morgan fingerprint density at radius 1 is 1.09 bits per heavy atom. The van der Waals surface area contributed by atoms with Crippen molar-refractivity contribution in [1.29, 1.82) is 5.26 Å². The van der Waals surface area contributed by atoms with E-state index >= 15 is 0 Å². The van der Waals surface area contributed by atoms with Crippen LogP contribution in [0.25, 0.3) is 22.6 Å². The fourth-order valence-corrected chi connectivity index (χ4v) is 4.63. The lowest BCUT2D eigenvalue weighted by molar-refractivity contribution is 0.339. The molecule has 3 heterocycles. The largest absolute Gasteiger partial charge is 0.350 e. The minimum absolute atomic E-state index is 0.539. The van der Waals surface area contributed by atoms with Gasteiger partial charge in [0.25, 0.3) is 0 Å². The van der Waals surface area contributed by atoms with E-state index in [2.05, 4.69) is 26.3 Å². The lowest BCUT2D eigenvalue weighted by Gasteiger charge is -2.23. The molecule has 0 spiro atoms. The average Bonchev–Trinajstić information content (AvgIpc) is 3.25. The number of piperidine rings is 1. The lowest BCUT2D eigenvalue weighted by Crippen LogP contribution is -2.28. The first-order valence-corrected chi connectivity index (χ1v) is 12.0. The number of nitriles is 1. The molecule has 0 saturated carbocycles. The van der Waals surface area contributed by atoms with Crippen LogP contribution in [0.3, 0.4) is 0 Å². The molecule has 0 atom stereocenters. The van der Waals surface area contributed by atoms with Crippen molar-refractivity contribution in [1.82, 2.24) is 24.8 Å². The van der Waals surface area contributed by atoms with Crippen molar-refractivity contribution >= 4 is 28.7 Å². The van der Waals surface area contributed by atoms with E-state index in [9.17, 15) is 0 Å². The monoisotopic (exact) mass is 471 g/mol. The van der Waals surface area contributed by atoms with Gasteiger partial charge in [0.2, 0.25) is 5.95 Å². The van der Waals surface area contributed by atoms with Gasteiger partial charge in [-0.05, 0) is 74.2 Å². The predicted molar refractivity (Wildman–Crippen MR) is 134 cm³/mol. The van der Waals surface area contributed by atoms with Gasteiger partial charge in [-0.25, -0.2) is 9.97 Å². The highest BCUT2D eigenvalue weighted by atomic mass is 35.5. The Hall–Kier alpha value is -3.47. The summed E-state index contributed by atoms with van der Waals surface area (Å²) in [6.45, 7) is 3.53. The molecule has 1 aliphatic heterocycles. The fraction of sp³-hybridized carbons (Fsp3) is 0.308. The molecule has 2 N–H and O–H groups in total. The van der Waals surface area contributed by atoms with Crippen LogP contribution < -0.4 is 10.6 Å². The van der Waals surface area contributed by atoms with Crippen LogP contribution in [0.2, 0.25) is 5.02 Å². The van der Waals surface area contributed by atoms with Crippen molar-refractivity contribution < 1.29 is 0 Å². The summed E-state index contributed by atoms with van der Waals surface area (Å²) < 4.78 is 2.20. The molecule has 5 rings (SSSR count). The fourth-order valence-electron chi connectivity index (χ4n) is 4.43. The number of hydrogen-bond donors (Lipinski definition) is 2. The molecule has 0 aliphatic carbocycles. The highest BCUT2D eigenvalue weighted by Crippen LogP contribution is 2.27. The molecule has 1 fully saturated rings. The second kappa shape index (κ2) is 10.2. The van der Waals surface area contributed by atoms with E-state index in [1.54, 1.807) is 6.20 Å². The van der Waals surface area contributed by atoms with Crippen LogP contribution in [0.15, 0.2) is 54.7 Å². The quantitative estimate of drug-likeness (QED) is 0.393. The second-order valence-electron chi connectivity index (χ2n) is 8.61. The zero-order valence-corrected chi connectivity index (χ0v) is 19.6. The smallest absolute Gasteiger partial charge is 0.225 e. The number of anilines is 1. The summed E-state index contributed by atoms with van der Waals surface area (Å²) in [7, 11) is 0. The number of nitrogens with one attached hydrogen (secondary N) is 2. The van der Waals surface area contributed by atoms with E-state index in [0.29, 0.717) is 29.0 Å². The Morgan fingerprint density at radius 3 is 2.65 bits per heavy atom. The number of fused-ring (bicyclic) bond motifs is 1. The van der Waals surface area contributed by atoms with Crippen LogP contribution in [0.4, 0.5) is 5.95 Å². The summed E-state index contributed by atoms with van der Waals surface area (Å²) in [5.74, 6) is 2.08. The highest BCUT2D eigenvalue weighted by Gasteiger charge is 2.18. The maximum Gasteiger partial charge on any atom is 0.225 e. The maximum absolute atomic E-state index is 9.17. The van der Waals surface area contributed by atoms with Gasteiger partial charge in [0, 0.05) is 23.7 Å². The summed E-state index contributed by atoms with van der Waals surface area (Å²) in [5.41, 5.74) is 4.16. The third-order valence-corrected chi connectivity index (χ3v) is 6.74. The summed E-state index contributed by atoms with van der Waals surface area (Å²) in [6, 6.07) is 17.5. The molecule has 34 heavy (non-hydrogen) atoms. The third kappa shape index (κ3) is 4.89. The molecule has 0 radical (unpaired) electrons. The Morgan fingerprint density at radius 2 is 1.88 bits per heavy atom. The summed E-state index contributed by atoms with van der Waals surface area (Å²) in [5, 5.41) is 16.6. The number of aryl methyl sites for hydroxylation is 1. The number of imidazole rings is 1. The van der Waals surface area contributed by atoms with Crippen LogP contribution in [0.1, 0.15) is 30.4 Å². The molecular weight excluding hydrogens is 446 g/mol. The normalized spacial score (nSPS) is 14.2. The Labute approximate surface area is 203 Å². The van der Waals surface area contributed by atoms with Crippen LogP contribution >= 0.6 is 11.6 Å². The Kier molecular flexibility index (Phi) is 6.70. The molecule has 8 heteroatoms. The van der Waals surface area contributed by atoms with Crippen molar-refractivity contribution in [3.63, 3.8) is 0 Å². The van der Waals surface area contributed by atoms with Gasteiger partial charge in [0.05, 0.1) is 17.8 Å². The van der Waals surface area contributed by atoms with Crippen LogP contribution in [0.5, 0.6) is 0 Å². The maximum atomic E-state index is 9.17. The zero-order chi connectivity index (χ0) is 23.3. The first-order valence-electron chi connectivity index (χ1n) is 11.6. The van der Waals surface area contributed by atoms with Gasteiger partial charge in [-0.15, -0.1) is 0 Å². The average molecular weight is 472 g/mol. The van der Waals surface area contributed by atoms with E-state index < -0.39 is 0 Å². The molecule has 2 aromatic heterocycles. The molecule has 0 unspecified atom stereocenters. The SMILES string of the molecule is N#Cc1ccc(-c2nc3cnc(NCc4ccccc4Cl)nc3n2CCC2CCNCC2)cc1. The van der Waals surface area contributed by atoms with Crippen molar-refractivity contribution in [3.05, 3.63) is 70.9 Å². The summed E-state index contributed by atoms with van der Waals surface area (Å²) >= 11 is 6.30. The summed E-state index contributed by atoms with van der Waals surface area (Å²) in [4.78, 5) is 14.2. The zero-order valence-electron chi connectivity index (χ0n) is 18.8. The molecule has 1 aliphatic rings. The molecule has 0 amide bonds. The number of halogens is 1. The first-order chi connectivity index (χ1) is 16.7. The van der Waals surface area contributed by atoms with Crippen LogP contribution in [-0.4, -0.2) is 32.6 Å². The van der Waals surface area contributed by atoms with Gasteiger partial charge in [0.1, 0.15) is 11.3 Å². The third-order valence-electron chi connectivity index (χ3n) is 6.37. The van der Waals surface area contributed by atoms with Crippen molar-refractivity contribution in [2.45, 2.75) is 32.4 Å². The van der Waals surface area contributed by atoms with E-state index in [1.807, 2.05) is 48.5 Å². The lowest BCUT2D eigenvalue weighted by atomic mass is 9.95. The molecule has 0 bridgehead atoms. The van der Waals surface area contributed by atoms with Gasteiger partial charge in [0.15, 0.2) is 5.65 Å². The number of hydrogen-bond acceptors (Lipinski definition) is 6. The number of rotatable bonds is 7. The number of aromatic nitrogens is 4. The minimum Gasteiger partial charge on any atom is -0.350 e. The van der Waals surface area contributed by atoms with Crippen LogP contribution in [-0.2, 0) is 13.1 Å². The Bertz CT molecular complexity index is 1320. The van der Waals surface area contributed by atoms with Gasteiger partial charge in [-0.1, -0.05) is 29.8 Å². The highest BCUT2D eigenvalue weighted by molar-refractivity contribution is 6.31. The summed E-state index contributed by atoms with van der Waals surface area (Å²) in [6.07, 6.45) is 5.23. The van der Waals surface area contributed by atoms with Crippen molar-refractivity contribution in [2.24, 2.45) is 5.92 Å². The van der Waals surface area contributed by atoms with E-state index in [4.69, 9.17) is 26.8 Å². The number of benzene rings is 2. The molecule has 4 aromatic rings. The minimum atomic E-state index is 0.539. The molecule has 2 aromatic carbocycles. The van der Waals surface area contributed by atoms with E-state index in [-0.39, 0.29) is 0 Å². The van der Waals surface area contributed by atoms with Crippen molar-refractivity contribution in [2.75, 3.05) is 18.4 Å². The second-order valence-corrected chi connectivity index (χ2v) is 9.01. The van der Waals surface area contributed by atoms with Gasteiger partial charge in [-0.3, -0.25) is 0 Å². The van der Waals surface area contributed by atoms with Gasteiger partial charge < -0.3 is 15.2 Å². The standard InChI is InChI=1S/C26H26ClN7/c27-22-4-2-1-3-21(22)16-30-26-31-17-23-25(33-26)34(14-11-18-9-12-29-13-10-18)24(32-23)20-7-5-19(15-28)6-8-20/h1-8,17-18,29H,9-14,16H2,(H,30,31,33). The number of nitrogens with zero attached hydrogens (tertiary/aromatic N) is 5. The van der Waals surface area contributed by atoms with E-state index in [1.165, 1.54) is 12.8 Å². The van der Waals surface area contributed by atoms with Crippen LogP contribution in [0, 0.1) is 17.2 Å².